The Bertz CT molecular complexity index is 1600. The molecule has 5 rings (SSSR count). The molecule has 1 aromatic heterocycles. The maximum atomic E-state index is 14.6. The van der Waals surface area contributed by atoms with Crippen LogP contribution < -0.4 is 14.4 Å². The number of aromatic carboxylic acids is 1. The highest BCUT2D eigenvalue weighted by molar-refractivity contribution is 6.31. The minimum Gasteiger partial charge on any atom is -0.493 e. The summed E-state index contributed by atoms with van der Waals surface area (Å²) in [6, 6.07) is 13.7. The van der Waals surface area contributed by atoms with E-state index in [2.05, 4.69) is 5.10 Å². The second-order valence-electron chi connectivity index (χ2n) is 9.85. The molecule has 4 aromatic rings. The van der Waals surface area contributed by atoms with E-state index in [0.717, 1.165) is 34.1 Å². The van der Waals surface area contributed by atoms with Gasteiger partial charge in [0.1, 0.15) is 18.2 Å². The Morgan fingerprint density at radius 2 is 1.98 bits per heavy atom. The number of carboxylic acid groups (broad SMARTS) is 1. The first-order valence-corrected chi connectivity index (χ1v) is 13.6. The second kappa shape index (κ2) is 12.0. The first-order valence-electron chi connectivity index (χ1n) is 13.2. The van der Waals surface area contributed by atoms with Crippen LogP contribution in [0.4, 0.5) is 10.1 Å². The summed E-state index contributed by atoms with van der Waals surface area (Å²) in [5, 5.41) is 13.5. The molecule has 0 aliphatic carbocycles. The number of ether oxygens (including phenoxy) is 2. The van der Waals surface area contributed by atoms with Crippen molar-refractivity contribution in [3.05, 3.63) is 94.0 Å². The SMILES string of the molecule is Cc1cccc(OCCCC(=O)N2CCOc3c(-c4cnn(Cc5c(F)cc(C(=O)O)cc5Cl)c4)cccc32)c1C. The predicted octanol–water partition coefficient (Wildman–Crippen LogP) is 6.29. The van der Waals surface area contributed by atoms with E-state index in [4.69, 9.17) is 26.2 Å². The summed E-state index contributed by atoms with van der Waals surface area (Å²) >= 11 is 6.17. The van der Waals surface area contributed by atoms with E-state index in [0.29, 0.717) is 44.0 Å². The molecule has 0 saturated carbocycles. The van der Waals surface area contributed by atoms with Crippen molar-refractivity contribution in [2.45, 2.75) is 33.2 Å². The normalized spacial score (nSPS) is 12.5. The van der Waals surface area contributed by atoms with Crippen molar-refractivity contribution in [2.75, 3.05) is 24.7 Å². The lowest BCUT2D eigenvalue weighted by molar-refractivity contribution is -0.119. The van der Waals surface area contributed by atoms with Gasteiger partial charge in [0.2, 0.25) is 5.91 Å². The molecule has 10 heteroatoms. The van der Waals surface area contributed by atoms with Crippen molar-refractivity contribution in [3.8, 4) is 22.6 Å². The largest absolute Gasteiger partial charge is 0.493 e. The second-order valence-corrected chi connectivity index (χ2v) is 10.3. The van der Waals surface area contributed by atoms with Gasteiger partial charge in [-0.1, -0.05) is 35.9 Å². The molecule has 1 aliphatic rings. The third-order valence-electron chi connectivity index (χ3n) is 7.15. The molecule has 0 saturated heterocycles. The molecule has 0 bridgehead atoms. The van der Waals surface area contributed by atoms with Crippen LogP contribution in [-0.2, 0) is 11.3 Å². The van der Waals surface area contributed by atoms with Crippen LogP contribution in [0.15, 0.2) is 60.9 Å². The Morgan fingerprint density at radius 1 is 1.17 bits per heavy atom. The van der Waals surface area contributed by atoms with Crippen LogP contribution in [0.3, 0.4) is 0 Å². The Morgan fingerprint density at radius 3 is 2.76 bits per heavy atom. The summed E-state index contributed by atoms with van der Waals surface area (Å²) in [4.78, 5) is 26.1. The number of aryl methyl sites for hydroxylation is 1. The van der Waals surface area contributed by atoms with Gasteiger partial charge in [0.05, 0.1) is 37.1 Å². The van der Waals surface area contributed by atoms with Crippen LogP contribution in [0.2, 0.25) is 5.02 Å². The quantitative estimate of drug-likeness (QED) is 0.235. The van der Waals surface area contributed by atoms with Crippen LogP contribution in [0.5, 0.6) is 11.5 Å². The topological polar surface area (TPSA) is 93.9 Å². The summed E-state index contributed by atoms with van der Waals surface area (Å²) < 4.78 is 28.0. The van der Waals surface area contributed by atoms with Gasteiger partial charge in [0, 0.05) is 34.3 Å². The lowest BCUT2D eigenvalue weighted by Crippen LogP contribution is -2.38. The average molecular weight is 578 g/mol. The molecule has 1 amide bonds. The van der Waals surface area contributed by atoms with Gasteiger partial charge in [0.25, 0.3) is 0 Å². The smallest absolute Gasteiger partial charge is 0.335 e. The van der Waals surface area contributed by atoms with Crippen molar-refractivity contribution in [1.29, 1.82) is 0 Å². The molecule has 0 radical (unpaired) electrons. The lowest BCUT2D eigenvalue weighted by Gasteiger charge is -2.31. The summed E-state index contributed by atoms with van der Waals surface area (Å²) in [7, 11) is 0. The molecule has 212 valence electrons. The van der Waals surface area contributed by atoms with Gasteiger partial charge in [0.15, 0.2) is 5.75 Å². The number of anilines is 1. The summed E-state index contributed by atoms with van der Waals surface area (Å²) in [5.74, 6) is -0.580. The van der Waals surface area contributed by atoms with Gasteiger partial charge in [-0.15, -0.1) is 0 Å². The first kappa shape index (κ1) is 28.2. The monoisotopic (exact) mass is 577 g/mol. The summed E-state index contributed by atoms with van der Waals surface area (Å²) in [6.07, 6.45) is 4.27. The van der Waals surface area contributed by atoms with E-state index >= 15 is 0 Å². The number of carbonyl (C=O) groups is 2. The molecule has 41 heavy (non-hydrogen) atoms. The van der Waals surface area contributed by atoms with E-state index in [1.54, 1.807) is 17.3 Å². The molecule has 1 aliphatic heterocycles. The van der Waals surface area contributed by atoms with Crippen LogP contribution in [0.25, 0.3) is 11.1 Å². The number of hydrogen-bond donors (Lipinski definition) is 1. The lowest BCUT2D eigenvalue weighted by atomic mass is 10.1. The molecule has 0 unspecified atom stereocenters. The molecule has 8 nitrogen and oxygen atoms in total. The molecule has 0 atom stereocenters. The highest BCUT2D eigenvalue weighted by atomic mass is 35.5. The number of para-hydroxylation sites is 1. The van der Waals surface area contributed by atoms with E-state index in [9.17, 15) is 14.0 Å². The fourth-order valence-electron chi connectivity index (χ4n) is 4.78. The Balaban J connectivity index is 1.28. The number of benzene rings is 3. The first-order chi connectivity index (χ1) is 19.7. The Hall–Kier alpha value is -4.37. The minimum absolute atomic E-state index is 0.00782. The van der Waals surface area contributed by atoms with Crippen LogP contribution >= 0.6 is 11.6 Å². The van der Waals surface area contributed by atoms with E-state index in [1.165, 1.54) is 10.7 Å². The molecular formula is C31H29ClFN3O5. The Kier molecular flexibility index (Phi) is 8.26. The van der Waals surface area contributed by atoms with Crippen LogP contribution in [-0.4, -0.2) is 46.5 Å². The number of halogens is 2. The van der Waals surface area contributed by atoms with Crippen molar-refractivity contribution >= 4 is 29.2 Å². The zero-order valence-electron chi connectivity index (χ0n) is 22.7. The Labute approximate surface area is 241 Å². The van der Waals surface area contributed by atoms with Gasteiger partial charge in [-0.3, -0.25) is 9.48 Å². The van der Waals surface area contributed by atoms with Crippen LogP contribution in [0, 0.1) is 19.7 Å². The number of rotatable bonds is 9. The van der Waals surface area contributed by atoms with Gasteiger partial charge in [-0.2, -0.15) is 5.10 Å². The van der Waals surface area contributed by atoms with E-state index in [1.807, 2.05) is 50.2 Å². The number of amides is 1. The number of aromatic nitrogens is 2. The van der Waals surface area contributed by atoms with E-state index < -0.39 is 11.8 Å². The number of nitrogens with zero attached hydrogens (tertiary/aromatic N) is 3. The zero-order chi connectivity index (χ0) is 29.1. The number of hydrogen-bond acceptors (Lipinski definition) is 5. The molecule has 3 aromatic carbocycles. The fraction of sp³-hybridized carbons (Fsp3) is 0.258. The standard InChI is InChI=1S/C31H29ClFN3O5/c1-19-6-3-9-28(20(19)2)40-12-5-10-29(37)36-11-13-41-30-23(7-4-8-27(30)36)22-16-34-35(17-22)18-24-25(32)14-21(31(38)39)15-26(24)33/h3-4,6-9,14-17H,5,10-13,18H2,1-2H3,(H,38,39). The zero-order valence-corrected chi connectivity index (χ0v) is 23.4. The van der Waals surface area contributed by atoms with Gasteiger partial charge >= 0.3 is 5.97 Å². The van der Waals surface area contributed by atoms with Crippen molar-refractivity contribution in [1.82, 2.24) is 9.78 Å². The minimum atomic E-state index is -1.26. The van der Waals surface area contributed by atoms with E-state index in [-0.39, 0.29) is 28.6 Å². The average Bonchev–Trinajstić information content (AvgIpc) is 3.42. The summed E-state index contributed by atoms with van der Waals surface area (Å²) in [5.41, 5.74) is 4.32. The number of carbonyl (C=O) groups excluding carboxylic acids is 1. The predicted molar refractivity (Wildman–Crippen MR) is 154 cm³/mol. The fourth-order valence-corrected chi connectivity index (χ4v) is 5.05. The third kappa shape index (κ3) is 6.05. The van der Waals surface area contributed by atoms with Crippen LogP contribution in [0.1, 0.15) is 39.9 Å². The maximum Gasteiger partial charge on any atom is 0.335 e. The highest BCUT2D eigenvalue weighted by Gasteiger charge is 2.26. The molecule has 1 N–H and O–H groups in total. The number of fused-ring (bicyclic) bond motifs is 1. The molecule has 2 heterocycles. The van der Waals surface area contributed by atoms with Gasteiger partial charge in [-0.25, -0.2) is 9.18 Å². The van der Waals surface area contributed by atoms with Crippen molar-refractivity contribution in [3.63, 3.8) is 0 Å². The van der Waals surface area contributed by atoms with Gasteiger partial charge in [-0.05, 0) is 55.7 Å². The molecule has 0 spiro atoms. The maximum absolute atomic E-state index is 14.6. The number of carboxylic acids is 1. The summed E-state index contributed by atoms with van der Waals surface area (Å²) in [6.45, 7) is 5.30. The highest BCUT2D eigenvalue weighted by Crippen LogP contribution is 2.41. The molecular weight excluding hydrogens is 549 g/mol. The molecule has 0 fully saturated rings. The van der Waals surface area contributed by atoms with Crippen molar-refractivity contribution in [2.24, 2.45) is 0 Å². The van der Waals surface area contributed by atoms with Crippen molar-refractivity contribution < 1.29 is 28.6 Å². The third-order valence-corrected chi connectivity index (χ3v) is 7.48. The van der Waals surface area contributed by atoms with Gasteiger partial charge < -0.3 is 19.5 Å².